The largest absolute Gasteiger partial charge is 0.462 e. The van der Waals surface area contributed by atoms with E-state index >= 15 is 0 Å². The van der Waals surface area contributed by atoms with Gasteiger partial charge in [0.25, 0.3) is 5.91 Å². The van der Waals surface area contributed by atoms with Gasteiger partial charge in [-0.25, -0.2) is 4.79 Å². The average Bonchev–Trinajstić information content (AvgIpc) is 3.31. The molecule has 0 aliphatic heterocycles. The third kappa shape index (κ3) is 8.42. The molecule has 0 bridgehead atoms. The van der Waals surface area contributed by atoms with Crippen LogP contribution in [0.2, 0.25) is 0 Å². The van der Waals surface area contributed by atoms with E-state index in [1.54, 1.807) is 62.4 Å². The molecule has 0 unspecified atom stereocenters. The van der Waals surface area contributed by atoms with Gasteiger partial charge in [0.2, 0.25) is 11.8 Å². The van der Waals surface area contributed by atoms with Crippen LogP contribution in [0.5, 0.6) is 0 Å². The minimum Gasteiger partial charge on any atom is -0.462 e. The monoisotopic (exact) mass is 599 g/mol. The predicted molar refractivity (Wildman–Crippen MR) is 169 cm³/mol. The summed E-state index contributed by atoms with van der Waals surface area (Å²) < 4.78 is 5.20. The number of hydrogen-bond acceptors (Lipinski definition) is 7. The Hall–Kier alpha value is -4.67. The van der Waals surface area contributed by atoms with Crippen LogP contribution in [0.25, 0.3) is 6.08 Å². The Bertz CT molecular complexity index is 1600. The molecule has 3 N–H and O–H groups in total. The molecule has 0 aliphatic carbocycles. The minimum atomic E-state index is -0.613. The molecule has 0 saturated carbocycles. The van der Waals surface area contributed by atoms with Crippen LogP contribution >= 0.6 is 23.1 Å². The van der Waals surface area contributed by atoms with E-state index in [2.05, 4.69) is 16.0 Å². The van der Waals surface area contributed by atoms with E-state index in [1.165, 1.54) is 17.8 Å². The van der Waals surface area contributed by atoms with Gasteiger partial charge < -0.3 is 20.7 Å². The van der Waals surface area contributed by atoms with Crippen molar-refractivity contribution in [2.45, 2.75) is 18.7 Å². The van der Waals surface area contributed by atoms with Crippen molar-refractivity contribution in [3.8, 4) is 0 Å². The van der Waals surface area contributed by atoms with Crippen molar-refractivity contribution in [3.63, 3.8) is 0 Å². The summed E-state index contributed by atoms with van der Waals surface area (Å²) in [5.41, 5.74) is 2.71. The molecule has 1 aromatic heterocycles. The van der Waals surface area contributed by atoms with Gasteiger partial charge in [0, 0.05) is 22.3 Å². The Morgan fingerprint density at radius 1 is 0.857 bits per heavy atom. The van der Waals surface area contributed by atoms with E-state index in [9.17, 15) is 19.2 Å². The first-order valence-corrected chi connectivity index (χ1v) is 14.9. The number of nitrogens with one attached hydrogen (secondary N) is 3. The highest BCUT2D eigenvalue weighted by Gasteiger charge is 2.26. The van der Waals surface area contributed by atoms with E-state index in [1.807, 2.05) is 42.5 Å². The van der Waals surface area contributed by atoms with Gasteiger partial charge in [0.1, 0.15) is 5.00 Å². The molecule has 10 heteroatoms. The number of amides is 3. The van der Waals surface area contributed by atoms with Crippen LogP contribution in [0, 0.1) is 6.92 Å². The lowest BCUT2D eigenvalue weighted by molar-refractivity contribution is -0.114. The summed E-state index contributed by atoms with van der Waals surface area (Å²) in [6.45, 7) is 3.49. The summed E-state index contributed by atoms with van der Waals surface area (Å²) in [6.07, 6.45) is 3.19. The van der Waals surface area contributed by atoms with E-state index in [0.717, 1.165) is 21.8 Å². The molecule has 0 radical (unpaired) electrons. The second kappa shape index (κ2) is 14.8. The van der Waals surface area contributed by atoms with Crippen molar-refractivity contribution in [1.29, 1.82) is 0 Å². The van der Waals surface area contributed by atoms with Gasteiger partial charge >= 0.3 is 5.97 Å². The molecular weight excluding hydrogens is 571 g/mol. The molecule has 214 valence electrons. The first kappa shape index (κ1) is 30.3. The second-order valence-corrected chi connectivity index (χ2v) is 11.0. The van der Waals surface area contributed by atoms with Gasteiger partial charge in [-0.15, -0.1) is 23.1 Å². The fourth-order valence-electron chi connectivity index (χ4n) is 3.87. The Labute approximate surface area is 252 Å². The second-order valence-electron chi connectivity index (χ2n) is 8.90. The van der Waals surface area contributed by atoms with Gasteiger partial charge in [-0.2, -0.15) is 0 Å². The lowest BCUT2D eigenvalue weighted by Gasteiger charge is -2.08. The number of thiophene rings is 1. The van der Waals surface area contributed by atoms with Gasteiger partial charge in [-0.1, -0.05) is 54.6 Å². The molecule has 4 aromatic rings. The number of esters is 1. The summed E-state index contributed by atoms with van der Waals surface area (Å²) in [5.74, 6) is -1.59. The summed E-state index contributed by atoms with van der Waals surface area (Å²) in [4.78, 5) is 52.1. The highest BCUT2D eigenvalue weighted by Crippen LogP contribution is 2.35. The molecule has 0 spiro atoms. The molecule has 1 heterocycles. The molecule has 3 amide bonds. The normalized spacial score (nSPS) is 10.7. The number of ether oxygens (including phenoxy) is 1. The lowest BCUT2D eigenvalue weighted by atomic mass is 10.1. The Balaban J connectivity index is 1.40. The summed E-state index contributed by atoms with van der Waals surface area (Å²) in [6, 6.07) is 25.6. The summed E-state index contributed by atoms with van der Waals surface area (Å²) in [7, 11) is 0. The van der Waals surface area contributed by atoms with Crippen molar-refractivity contribution in [2.75, 3.05) is 28.3 Å². The van der Waals surface area contributed by atoms with Gasteiger partial charge in [0.05, 0.1) is 22.8 Å². The zero-order valence-corrected chi connectivity index (χ0v) is 24.6. The zero-order chi connectivity index (χ0) is 29.9. The van der Waals surface area contributed by atoms with Crippen molar-refractivity contribution < 1.29 is 23.9 Å². The van der Waals surface area contributed by atoms with Crippen LogP contribution in [0.15, 0.2) is 95.9 Å². The molecule has 4 rings (SSSR count). The molecule has 0 aliphatic rings. The third-order valence-corrected chi connectivity index (χ3v) is 8.02. The summed E-state index contributed by atoms with van der Waals surface area (Å²) in [5, 5.41) is 8.66. The SMILES string of the molecule is CCOC(=O)c1c(NC(=O)CSc2cccc(NC(=O)/C=C/c3ccccc3)c2)sc(C(=O)Nc2ccccc2)c1C. The first-order valence-electron chi connectivity index (χ1n) is 13.1. The Morgan fingerprint density at radius 2 is 1.55 bits per heavy atom. The maximum atomic E-state index is 13.0. The van der Waals surface area contributed by atoms with Gasteiger partial charge in [0.15, 0.2) is 0 Å². The molecule has 42 heavy (non-hydrogen) atoms. The number of para-hydroxylation sites is 1. The molecule has 0 atom stereocenters. The van der Waals surface area contributed by atoms with Crippen LogP contribution in [0.3, 0.4) is 0 Å². The van der Waals surface area contributed by atoms with Crippen LogP contribution in [0.1, 0.15) is 38.1 Å². The number of carbonyl (C=O) groups excluding carboxylic acids is 4. The van der Waals surface area contributed by atoms with Crippen molar-refractivity contribution >= 4 is 69.2 Å². The smallest absolute Gasteiger partial charge is 0.341 e. The Morgan fingerprint density at radius 3 is 2.26 bits per heavy atom. The molecule has 0 saturated heterocycles. The van der Waals surface area contributed by atoms with Crippen LogP contribution in [-0.4, -0.2) is 36.1 Å². The van der Waals surface area contributed by atoms with Crippen LogP contribution in [0.4, 0.5) is 16.4 Å². The van der Waals surface area contributed by atoms with Crippen molar-refractivity contribution in [1.82, 2.24) is 0 Å². The van der Waals surface area contributed by atoms with Gasteiger partial charge in [-0.3, -0.25) is 14.4 Å². The highest BCUT2D eigenvalue weighted by atomic mass is 32.2. The Kier molecular flexibility index (Phi) is 10.7. The number of benzene rings is 3. The predicted octanol–water partition coefficient (Wildman–Crippen LogP) is 6.87. The van der Waals surface area contributed by atoms with E-state index < -0.39 is 5.97 Å². The topological polar surface area (TPSA) is 114 Å². The third-order valence-electron chi connectivity index (χ3n) is 5.82. The van der Waals surface area contributed by atoms with E-state index in [-0.39, 0.29) is 40.6 Å². The molecule has 0 fully saturated rings. The molecule has 3 aromatic carbocycles. The van der Waals surface area contributed by atoms with Crippen LogP contribution in [-0.2, 0) is 14.3 Å². The van der Waals surface area contributed by atoms with Crippen molar-refractivity contribution in [2.24, 2.45) is 0 Å². The maximum absolute atomic E-state index is 13.0. The minimum absolute atomic E-state index is 0.0378. The summed E-state index contributed by atoms with van der Waals surface area (Å²) >= 11 is 2.29. The average molecular weight is 600 g/mol. The number of anilines is 3. The number of rotatable bonds is 11. The zero-order valence-electron chi connectivity index (χ0n) is 23.0. The quantitative estimate of drug-likeness (QED) is 0.0985. The highest BCUT2D eigenvalue weighted by molar-refractivity contribution is 8.00. The lowest BCUT2D eigenvalue weighted by Crippen LogP contribution is -2.16. The van der Waals surface area contributed by atoms with E-state index in [0.29, 0.717) is 21.8 Å². The maximum Gasteiger partial charge on any atom is 0.341 e. The van der Waals surface area contributed by atoms with Crippen molar-refractivity contribution in [3.05, 3.63) is 113 Å². The van der Waals surface area contributed by atoms with Gasteiger partial charge in [-0.05, 0) is 61.4 Å². The first-order chi connectivity index (χ1) is 20.3. The molecular formula is C32H29N3O5S2. The fraction of sp³-hybridized carbons (Fsp3) is 0.125. The number of carbonyl (C=O) groups is 4. The molecule has 8 nitrogen and oxygen atoms in total. The number of thioether (sulfide) groups is 1. The van der Waals surface area contributed by atoms with E-state index in [4.69, 9.17) is 4.74 Å². The number of hydrogen-bond donors (Lipinski definition) is 3. The standard InChI is InChI=1S/C32H29N3O5S2/c1-3-40-32(39)28-21(2)29(30(38)34-23-13-8-5-9-14-23)42-31(28)35-27(37)20-41-25-16-10-15-24(19-25)33-26(36)18-17-22-11-6-4-7-12-22/h4-19H,3,20H2,1-2H3,(H,33,36)(H,34,38)(H,35,37)/b18-17+. The fourth-order valence-corrected chi connectivity index (χ4v) is 5.73. The van der Waals surface area contributed by atoms with Crippen LogP contribution < -0.4 is 16.0 Å².